The number of amides is 1. The monoisotopic (exact) mass is 390 g/mol. The van der Waals surface area contributed by atoms with Gasteiger partial charge in [-0.2, -0.15) is 4.98 Å². The molecule has 0 aliphatic heterocycles. The van der Waals surface area contributed by atoms with Gasteiger partial charge in [0.25, 0.3) is 0 Å². The summed E-state index contributed by atoms with van der Waals surface area (Å²) in [4.78, 5) is 24.2. The van der Waals surface area contributed by atoms with Crippen molar-refractivity contribution in [1.29, 1.82) is 0 Å². The first-order chi connectivity index (χ1) is 14.0. The Morgan fingerprint density at radius 3 is 2.48 bits per heavy atom. The Kier molecular flexibility index (Phi) is 6.73. The summed E-state index contributed by atoms with van der Waals surface area (Å²) in [6, 6.07) is 16.3. The SMILES string of the molecule is CC(=O)Nc1cccc(Nc2ncnc(N[C@@H](C)CCc3ccccc3)n2)c1C. The van der Waals surface area contributed by atoms with Crippen molar-refractivity contribution in [2.45, 2.75) is 39.7 Å². The van der Waals surface area contributed by atoms with E-state index in [9.17, 15) is 4.79 Å². The van der Waals surface area contributed by atoms with E-state index in [1.54, 1.807) is 0 Å². The van der Waals surface area contributed by atoms with Gasteiger partial charge in [-0.3, -0.25) is 4.79 Å². The highest BCUT2D eigenvalue weighted by Crippen LogP contribution is 2.25. The predicted molar refractivity (Wildman–Crippen MR) is 116 cm³/mol. The molecule has 3 rings (SSSR count). The van der Waals surface area contributed by atoms with Crippen LogP contribution in [0.4, 0.5) is 23.3 Å². The van der Waals surface area contributed by atoms with Crippen molar-refractivity contribution in [1.82, 2.24) is 15.0 Å². The van der Waals surface area contributed by atoms with E-state index in [1.165, 1.54) is 18.8 Å². The molecule has 7 heteroatoms. The molecule has 0 saturated heterocycles. The van der Waals surface area contributed by atoms with Crippen molar-refractivity contribution in [3.8, 4) is 0 Å². The van der Waals surface area contributed by atoms with Crippen LogP contribution in [0.15, 0.2) is 54.9 Å². The molecule has 0 aliphatic rings. The molecule has 0 aliphatic carbocycles. The van der Waals surface area contributed by atoms with Gasteiger partial charge >= 0.3 is 0 Å². The molecule has 2 aromatic carbocycles. The summed E-state index contributed by atoms with van der Waals surface area (Å²) in [6.07, 6.45) is 3.44. The Labute approximate surface area is 171 Å². The van der Waals surface area contributed by atoms with Crippen molar-refractivity contribution >= 4 is 29.2 Å². The fourth-order valence-electron chi connectivity index (χ4n) is 2.96. The predicted octanol–water partition coefficient (Wildman–Crippen LogP) is 4.32. The number of nitrogens with one attached hydrogen (secondary N) is 3. The molecule has 0 radical (unpaired) electrons. The van der Waals surface area contributed by atoms with Gasteiger partial charge in [-0.15, -0.1) is 0 Å². The molecule has 1 heterocycles. The van der Waals surface area contributed by atoms with Crippen LogP contribution in [0.3, 0.4) is 0 Å². The van der Waals surface area contributed by atoms with E-state index < -0.39 is 0 Å². The van der Waals surface area contributed by atoms with Crippen LogP contribution in [0.1, 0.15) is 31.4 Å². The summed E-state index contributed by atoms with van der Waals surface area (Å²) in [5.41, 5.74) is 3.80. The van der Waals surface area contributed by atoms with Crippen molar-refractivity contribution < 1.29 is 4.79 Å². The second-order valence-electron chi connectivity index (χ2n) is 6.99. The number of carbonyl (C=O) groups excluding carboxylic acids is 1. The van der Waals surface area contributed by atoms with Crippen molar-refractivity contribution in [2.75, 3.05) is 16.0 Å². The van der Waals surface area contributed by atoms with Gasteiger partial charge in [-0.25, -0.2) is 9.97 Å². The standard InChI is InChI=1S/C22H26N6O/c1-15(12-13-18-8-5-4-6-9-18)25-21-23-14-24-22(28-21)27-20-11-7-10-19(16(20)2)26-17(3)29/h4-11,14-15H,12-13H2,1-3H3,(H,26,29)(H2,23,24,25,27,28)/t15-/m0/s1. The largest absolute Gasteiger partial charge is 0.352 e. The van der Waals surface area contributed by atoms with E-state index in [4.69, 9.17) is 0 Å². The number of benzene rings is 2. The fourth-order valence-corrected chi connectivity index (χ4v) is 2.96. The highest BCUT2D eigenvalue weighted by atomic mass is 16.1. The van der Waals surface area contributed by atoms with Crippen LogP contribution in [0.5, 0.6) is 0 Å². The first-order valence-corrected chi connectivity index (χ1v) is 9.65. The normalized spacial score (nSPS) is 11.6. The zero-order valence-electron chi connectivity index (χ0n) is 16.9. The summed E-state index contributed by atoms with van der Waals surface area (Å²) < 4.78 is 0. The number of hydrogen-bond donors (Lipinski definition) is 3. The molecule has 0 bridgehead atoms. The van der Waals surface area contributed by atoms with Crippen LogP contribution >= 0.6 is 0 Å². The molecule has 0 spiro atoms. The van der Waals surface area contributed by atoms with Gasteiger partial charge in [0.05, 0.1) is 0 Å². The number of carbonyl (C=O) groups is 1. The average Bonchev–Trinajstić information content (AvgIpc) is 2.70. The van der Waals surface area contributed by atoms with Gasteiger partial charge in [-0.05, 0) is 49.9 Å². The van der Waals surface area contributed by atoms with E-state index in [0.717, 1.165) is 29.8 Å². The van der Waals surface area contributed by atoms with Crippen LogP contribution < -0.4 is 16.0 Å². The van der Waals surface area contributed by atoms with Crippen molar-refractivity contribution in [3.05, 3.63) is 66.0 Å². The van der Waals surface area contributed by atoms with Gasteiger partial charge in [0.2, 0.25) is 17.8 Å². The lowest BCUT2D eigenvalue weighted by Crippen LogP contribution is -2.18. The van der Waals surface area contributed by atoms with Gasteiger partial charge in [0, 0.05) is 24.3 Å². The molecular formula is C22H26N6O. The van der Waals surface area contributed by atoms with Gasteiger partial charge < -0.3 is 16.0 Å². The maximum absolute atomic E-state index is 11.4. The first-order valence-electron chi connectivity index (χ1n) is 9.65. The molecule has 1 atom stereocenters. The summed E-state index contributed by atoms with van der Waals surface area (Å²) in [7, 11) is 0. The van der Waals surface area contributed by atoms with E-state index >= 15 is 0 Å². The molecule has 1 amide bonds. The number of hydrogen-bond acceptors (Lipinski definition) is 6. The Morgan fingerprint density at radius 1 is 1.00 bits per heavy atom. The number of rotatable bonds is 8. The van der Waals surface area contributed by atoms with E-state index in [-0.39, 0.29) is 11.9 Å². The summed E-state index contributed by atoms with van der Waals surface area (Å²) >= 11 is 0. The highest BCUT2D eigenvalue weighted by molar-refractivity contribution is 5.90. The second-order valence-corrected chi connectivity index (χ2v) is 6.99. The highest BCUT2D eigenvalue weighted by Gasteiger charge is 2.09. The summed E-state index contributed by atoms with van der Waals surface area (Å²) in [5.74, 6) is 0.862. The number of anilines is 4. The third-order valence-corrected chi connectivity index (χ3v) is 4.55. The summed E-state index contributed by atoms with van der Waals surface area (Å²) in [5, 5.41) is 9.35. The smallest absolute Gasteiger partial charge is 0.232 e. The number of aryl methyl sites for hydroxylation is 1. The molecule has 7 nitrogen and oxygen atoms in total. The van der Waals surface area contributed by atoms with Gasteiger partial charge in [0.1, 0.15) is 6.33 Å². The number of nitrogens with zero attached hydrogens (tertiary/aromatic N) is 3. The van der Waals surface area contributed by atoms with Gasteiger partial charge in [-0.1, -0.05) is 36.4 Å². The van der Waals surface area contributed by atoms with Crippen molar-refractivity contribution in [3.63, 3.8) is 0 Å². The Hall–Kier alpha value is -3.48. The second kappa shape index (κ2) is 9.64. The number of aromatic nitrogens is 3. The zero-order valence-corrected chi connectivity index (χ0v) is 16.9. The minimum Gasteiger partial charge on any atom is -0.352 e. The summed E-state index contributed by atoms with van der Waals surface area (Å²) in [6.45, 7) is 5.53. The Morgan fingerprint density at radius 2 is 1.72 bits per heavy atom. The third kappa shape index (κ3) is 6.00. The molecule has 1 aromatic heterocycles. The Bertz CT molecular complexity index is 961. The lowest BCUT2D eigenvalue weighted by Gasteiger charge is -2.15. The Balaban J connectivity index is 1.63. The lowest BCUT2D eigenvalue weighted by atomic mass is 10.1. The minimum atomic E-state index is -0.110. The minimum absolute atomic E-state index is 0.110. The van der Waals surface area contributed by atoms with E-state index in [0.29, 0.717) is 11.9 Å². The van der Waals surface area contributed by atoms with E-state index in [1.807, 2.05) is 31.2 Å². The topological polar surface area (TPSA) is 91.8 Å². The quantitative estimate of drug-likeness (QED) is 0.531. The molecule has 150 valence electrons. The average molecular weight is 390 g/mol. The van der Waals surface area contributed by atoms with Crippen LogP contribution in [-0.4, -0.2) is 26.9 Å². The fraction of sp³-hybridized carbons (Fsp3) is 0.273. The molecule has 3 aromatic rings. The van der Waals surface area contributed by atoms with Gasteiger partial charge in [0.15, 0.2) is 0 Å². The van der Waals surface area contributed by atoms with Crippen LogP contribution in [-0.2, 0) is 11.2 Å². The molecular weight excluding hydrogens is 364 g/mol. The first kappa shape index (κ1) is 20.3. The maximum Gasteiger partial charge on any atom is 0.232 e. The van der Waals surface area contributed by atoms with Crippen LogP contribution in [0, 0.1) is 6.92 Å². The zero-order chi connectivity index (χ0) is 20.6. The molecule has 0 fully saturated rings. The van der Waals surface area contributed by atoms with Crippen LogP contribution in [0.25, 0.3) is 0 Å². The van der Waals surface area contributed by atoms with E-state index in [2.05, 4.69) is 62.1 Å². The third-order valence-electron chi connectivity index (χ3n) is 4.55. The molecule has 29 heavy (non-hydrogen) atoms. The molecule has 0 unspecified atom stereocenters. The maximum atomic E-state index is 11.4. The molecule has 3 N–H and O–H groups in total. The molecule has 0 saturated carbocycles. The van der Waals surface area contributed by atoms with Crippen LogP contribution in [0.2, 0.25) is 0 Å². The lowest BCUT2D eigenvalue weighted by molar-refractivity contribution is -0.114. The van der Waals surface area contributed by atoms with Crippen molar-refractivity contribution in [2.24, 2.45) is 0 Å².